The van der Waals surface area contributed by atoms with E-state index in [1.807, 2.05) is 84.9 Å². The molecule has 0 amide bonds. The second kappa shape index (κ2) is 23.0. The summed E-state index contributed by atoms with van der Waals surface area (Å²) < 4.78 is 0. The van der Waals surface area contributed by atoms with E-state index in [2.05, 4.69) is 103 Å². The van der Waals surface area contributed by atoms with Crippen LogP contribution in [0.5, 0.6) is 0 Å². The minimum Gasteiger partial charge on any atom is -0.341 e. The molecule has 0 saturated heterocycles. The van der Waals surface area contributed by atoms with Gasteiger partial charge in [0.2, 0.25) is 0 Å². The zero-order chi connectivity index (χ0) is 41.1. The van der Waals surface area contributed by atoms with Crippen LogP contribution in [0, 0.1) is 0 Å². The molecule has 4 heterocycles. The van der Waals surface area contributed by atoms with Crippen LogP contribution in [-0.4, -0.2) is 49.7 Å². The largest absolute Gasteiger partial charge is 0.341 e. The van der Waals surface area contributed by atoms with Gasteiger partial charge in [-0.1, -0.05) is 117 Å². The average molecular weight is 959 g/mol. The summed E-state index contributed by atoms with van der Waals surface area (Å²) in [6, 6.07) is 53.6. The molecule has 0 aliphatic rings. The third-order valence-corrected chi connectivity index (χ3v) is 9.75. The van der Waals surface area contributed by atoms with E-state index in [1.165, 1.54) is 11.1 Å². The molecule has 6 aromatic carbocycles. The molecule has 0 atom stereocenters. The number of aromatic nitrogens is 8. The normalized spacial score (nSPS) is 11.1. The standard InChI is InChI=1S/2C23H21N5.CH4.3ClH.2V/c2*1-2-8-17(9-3-1)14-28(15-22-24-18-10-4-5-11-19(18)25-22)16-23-26-20-12-6-7-13-21(20)27-23;;;;;;/h2*1-13H,14-16H2,(H,24,25)(H,26,27);1H4;3*1H;;/q;;;;;;;+3/p-3. The zero-order valence-corrected chi connectivity index (χ0v) is 38.0. The quantitative estimate of drug-likeness (QED) is 0.0968. The van der Waals surface area contributed by atoms with Crippen LogP contribution in [-0.2, 0) is 70.1 Å². The van der Waals surface area contributed by atoms with E-state index >= 15 is 0 Å². The molecule has 0 spiro atoms. The molecule has 0 unspecified atom stereocenters. The summed E-state index contributed by atoms with van der Waals surface area (Å²) >= 11 is -1.77. The van der Waals surface area contributed by atoms with Crippen molar-refractivity contribution in [3.8, 4) is 0 Å². The SMILES string of the molecule is C.[Cl][V]([Cl])[Cl].[V].c1ccc(CN(Cc2nc3ccccc3[nH]2)Cc2nc3ccccc3[nH]2)cc1.c1ccc(CN(Cc2nc3ccccc3[nH]2)Cc2nc3ccccc3[nH]2)cc1. The summed E-state index contributed by atoms with van der Waals surface area (Å²) in [4.78, 5) is 37.5. The van der Waals surface area contributed by atoms with Crippen molar-refractivity contribution in [2.24, 2.45) is 0 Å². The van der Waals surface area contributed by atoms with Gasteiger partial charge in [0.25, 0.3) is 0 Å². The van der Waals surface area contributed by atoms with E-state index in [1.54, 1.807) is 0 Å². The van der Waals surface area contributed by atoms with Crippen LogP contribution in [0.4, 0.5) is 0 Å². The number of rotatable bonds is 12. The number of fused-ring (bicyclic) bond motifs is 4. The van der Waals surface area contributed by atoms with Gasteiger partial charge in [-0.05, 0) is 59.7 Å². The Morgan fingerprint density at radius 1 is 0.355 bits per heavy atom. The molecule has 10 aromatic rings. The van der Waals surface area contributed by atoms with Gasteiger partial charge < -0.3 is 19.9 Å². The number of H-pyrrole nitrogens is 4. The Morgan fingerprint density at radius 3 is 0.823 bits per heavy atom. The van der Waals surface area contributed by atoms with Gasteiger partial charge in [0, 0.05) is 31.6 Å². The van der Waals surface area contributed by atoms with E-state index in [0.717, 1.165) is 107 Å². The summed E-state index contributed by atoms with van der Waals surface area (Å²) in [5.74, 6) is 3.86. The fourth-order valence-corrected chi connectivity index (χ4v) is 7.19. The summed E-state index contributed by atoms with van der Waals surface area (Å²) in [7, 11) is 14.9. The van der Waals surface area contributed by atoms with Crippen LogP contribution in [0.2, 0.25) is 0 Å². The number of halogens is 3. The first-order valence-corrected chi connectivity index (χ1v) is 25.2. The van der Waals surface area contributed by atoms with Gasteiger partial charge >= 0.3 is 41.8 Å². The van der Waals surface area contributed by atoms with Crippen LogP contribution in [0.25, 0.3) is 44.1 Å². The first-order valence-electron chi connectivity index (χ1n) is 19.4. The molecule has 0 saturated carbocycles. The smallest absolute Gasteiger partial charge is 0.121 e. The van der Waals surface area contributed by atoms with E-state index < -0.39 is 12.3 Å². The molecule has 0 aliphatic carbocycles. The van der Waals surface area contributed by atoms with Gasteiger partial charge in [0.1, 0.15) is 23.3 Å². The van der Waals surface area contributed by atoms with E-state index in [0.29, 0.717) is 0 Å². The number of nitrogens with zero attached hydrogens (tertiary/aromatic N) is 6. The third kappa shape index (κ3) is 13.1. The van der Waals surface area contributed by atoms with Crippen molar-refractivity contribution >= 4 is 73.7 Å². The van der Waals surface area contributed by atoms with Gasteiger partial charge in [-0.3, -0.25) is 9.80 Å². The monoisotopic (exact) mass is 957 g/mol. The number of hydrogen-bond donors (Lipinski definition) is 4. The Hall–Kier alpha value is -4.84. The molecule has 4 N–H and O–H groups in total. The molecule has 4 aromatic heterocycles. The van der Waals surface area contributed by atoms with Gasteiger partial charge in [0.15, 0.2) is 0 Å². The number of hydrogen-bond acceptors (Lipinski definition) is 6. The Labute approximate surface area is 390 Å². The number of nitrogens with one attached hydrogen (secondary N) is 4. The molecule has 1 radical (unpaired) electrons. The van der Waals surface area contributed by atoms with Crippen molar-refractivity contribution in [2.45, 2.75) is 46.7 Å². The van der Waals surface area contributed by atoms with E-state index in [9.17, 15) is 0 Å². The van der Waals surface area contributed by atoms with Crippen molar-refractivity contribution in [3.63, 3.8) is 0 Å². The number of imidazole rings is 4. The summed E-state index contributed by atoms with van der Waals surface area (Å²) in [6.45, 7) is 4.55. The maximum Gasteiger partial charge on any atom is 0.121 e. The summed E-state index contributed by atoms with van der Waals surface area (Å²) in [6.07, 6.45) is 0. The molecule has 62 heavy (non-hydrogen) atoms. The van der Waals surface area contributed by atoms with Gasteiger partial charge in [-0.25, -0.2) is 19.9 Å². The first kappa shape index (κ1) is 46.7. The zero-order valence-electron chi connectivity index (χ0n) is 33.0. The Morgan fingerprint density at radius 2 is 0.581 bits per heavy atom. The number of aromatic amines is 4. The molecular formula is C47H46Cl3N10V2. The van der Waals surface area contributed by atoms with Gasteiger partial charge in [-0.15, -0.1) is 0 Å². The number of para-hydroxylation sites is 8. The fraction of sp³-hybridized carbons (Fsp3) is 0.149. The second-order valence-corrected chi connectivity index (χ2v) is 21.2. The molecule has 0 aliphatic heterocycles. The molecule has 0 fully saturated rings. The van der Waals surface area contributed by atoms with Crippen LogP contribution in [0.3, 0.4) is 0 Å². The Balaban J connectivity index is 0.000000185. The van der Waals surface area contributed by atoms with Crippen molar-refractivity contribution in [1.82, 2.24) is 49.7 Å². The van der Waals surface area contributed by atoms with Gasteiger partial charge in [0.05, 0.1) is 70.3 Å². The fourth-order valence-electron chi connectivity index (χ4n) is 7.19. The van der Waals surface area contributed by atoms with Crippen molar-refractivity contribution in [1.29, 1.82) is 0 Å². The minimum absolute atomic E-state index is 0. The predicted molar refractivity (Wildman–Crippen MR) is 247 cm³/mol. The topological polar surface area (TPSA) is 121 Å². The third-order valence-electron chi connectivity index (χ3n) is 9.75. The van der Waals surface area contributed by atoms with Crippen LogP contribution >= 0.6 is 29.5 Å². The first-order chi connectivity index (χ1) is 29.4. The van der Waals surface area contributed by atoms with Crippen LogP contribution in [0.15, 0.2) is 158 Å². The molecular weight excluding hydrogens is 913 g/mol. The molecule has 15 heteroatoms. The maximum absolute atomic E-state index is 4.95. The predicted octanol–water partition coefficient (Wildman–Crippen LogP) is 12.0. The van der Waals surface area contributed by atoms with Crippen LogP contribution < -0.4 is 0 Å². The summed E-state index contributed by atoms with van der Waals surface area (Å²) in [5, 5.41) is 0. The maximum atomic E-state index is 4.95. The van der Waals surface area contributed by atoms with E-state index in [-0.39, 0.29) is 26.0 Å². The molecule has 315 valence electrons. The molecule has 0 bridgehead atoms. The second-order valence-electron chi connectivity index (χ2n) is 14.3. The number of benzene rings is 6. The van der Waals surface area contributed by atoms with Crippen molar-refractivity contribution in [3.05, 3.63) is 192 Å². The molecule has 10 nitrogen and oxygen atoms in total. The Kier molecular flexibility index (Phi) is 17.3. The Bertz CT molecular complexity index is 2400. The minimum atomic E-state index is -1.77. The van der Waals surface area contributed by atoms with Crippen molar-refractivity contribution in [2.75, 3.05) is 0 Å². The van der Waals surface area contributed by atoms with Crippen molar-refractivity contribution < 1.29 is 30.8 Å². The molecule has 10 rings (SSSR count). The van der Waals surface area contributed by atoms with Crippen LogP contribution in [0.1, 0.15) is 41.9 Å². The average Bonchev–Trinajstić information content (AvgIpc) is 4.05. The summed E-state index contributed by atoms with van der Waals surface area (Å²) in [5.41, 5.74) is 10.8. The van der Waals surface area contributed by atoms with E-state index in [4.69, 9.17) is 49.5 Å². The van der Waals surface area contributed by atoms with Gasteiger partial charge in [-0.2, -0.15) is 0 Å².